The van der Waals surface area contributed by atoms with E-state index in [0.29, 0.717) is 11.3 Å². The van der Waals surface area contributed by atoms with Crippen LogP contribution in [0.1, 0.15) is 16.1 Å². The molecule has 0 aliphatic rings. The van der Waals surface area contributed by atoms with Gasteiger partial charge in [-0.25, -0.2) is 9.48 Å². The van der Waals surface area contributed by atoms with Crippen LogP contribution in [0.2, 0.25) is 0 Å². The zero-order valence-electron chi connectivity index (χ0n) is 14.9. The lowest BCUT2D eigenvalue weighted by Crippen LogP contribution is -2.09. The minimum atomic E-state index is -0.379. The fraction of sp³-hybridized carbons (Fsp3) is 0.0435. The van der Waals surface area contributed by atoms with Crippen molar-refractivity contribution in [2.75, 3.05) is 0 Å². The van der Waals surface area contributed by atoms with Crippen LogP contribution in [0, 0.1) is 6.92 Å². The van der Waals surface area contributed by atoms with Crippen LogP contribution in [-0.4, -0.2) is 15.7 Å². The highest BCUT2D eigenvalue weighted by Gasteiger charge is 2.16. The molecule has 0 radical (unpaired) electrons. The lowest BCUT2D eigenvalue weighted by atomic mass is 10.1. The quantitative estimate of drug-likeness (QED) is 0.380. The Bertz CT molecular complexity index is 1070. The number of benzene rings is 3. The standard InChI is InChI=1S/C23H18N2O2/c1-17-21(16-24-25(17)19-12-6-3-7-13-19)20-14-8-9-15-22(20)27-23(26)18-10-4-2-5-11-18/h2-16H,1H3. The van der Waals surface area contributed by atoms with Gasteiger partial charge in [0.05, 0.1) is 17.4 Å². The Balaban J connectivity index is 1.70. The molecule has 3 aromatic carbocycles. The summed E-state index contributed by atoms with van der Waals surface area (Å²) >= 11 is 0. The summed E-state index contributed by atoms with van der Waals surface area (Å²) in [6.07, 6.45) is 1.80. The molecule has 0 aliphatic heterocycles. The molecular weight excluding hydrogens is 336 g/mol. The Morgan fingerprint density at radius 2 is 1.44 bits per heavy atom. The monoisotopic (exact) mass is 354 g/mol. The van der Waals surface area contributed by atoms with Crippen molar-refractivity contribution in [3.63, 3.8) is 0 Å². The van der Waals surface area contributed by atoms with Crippen LogP contribution in [0.3, 0.4) is 0 Å². The minimum absolute atomic E-state index is 0.379. The lowest BCUT2D eigenvalue weighted by Gasteiger charge is -2.10. The van der Waals surface area contributed by atoms with Crippen LogP contribution in [0.25, 0.3) is 16.8 Å². The third kappa shape index (κ3) is 3.37. The molecule has 4 aromatic rings. The van der Waals surface area contributed by atoms with E-state index in [2.05, 4.69) is 5.10 Å². The molecule has 4 nitrogen and oxygen atoms in total. The molecule has 0 aliphatic carbocycles. The molecule has 0 unspecified atom stereocenters. The highest BCUT2D eigenvalue weighted by Crippen LogP contribution is 2.33. The van der Waals surface area contributed by atoms with Gasteiger partial charge in [0, 0.05) is 16.8 Å². The molecule has 0 fully saturated rings. The summed E-state index contributed by atoms with van der Waals surface area (Å²) in [5, 5.41) is 4.52. The molecule has 0 amide bonds. The van der Waals surface area contributed by atoms with Crippen LogP contribution >= 0.6 is 0 Å². The fourth-order valence-electron chi connectivity index (χ4n) is 3.01. The molecule has 0 atom stereocenters. The number of rotatable bonds is 4. The first-order chi connectivity index (χ1) is 13.2. The SMILES string of the molecule is Cc1c(-c2ccccc2OC(=O)c2ccccc2)cnn1-c1ccccc1. The smallest absolute Gasteiger partial charge is 0.343 e. The number of carbonyl (C=O) groups is 1. The van der Waals surface area contributed by atoms with Gasteiger partial charge in [0.2, 0.25) is 0 Å². The predicted molar refractivity (Wildman–Crippen MR) is 105 cm³/mol. The van der Waals surface area contributed by atoms with E-state index in [9.17, 15) is 4.79 Å². The number of carbonyl (C=O) groups excluding carboxylic acids is 1. The maximum absolute atomic E-state index is 12.5. The van der Waals surface area contributed by atoms with E-state index >= 15 is 0 Å². The Labute approximate surface area is 157 Å². The van der Waals surface area contributed by atoms with Gasteiger partial charge >= 0.3 is 5.97 Å². The maximum Gasteiger partial charge on any atom is 0.343 e. The molecule has 0 N–H and O–H groups in total. The summed E-state index contributed by atoms with van der Waals surface area (Å²) < 4.78 is 7.56. The van der Waals surface area contributed by atoms with Crippen molar-refractivity contribution in [3.05, 3.63) is 102 Å². The van der Waals surface area contributed by atoms with Gasteiger partial charge < -0.3 is 4.74 Å². The number of hydrogen-bond donors (Lipinski definition) is 0. The highest BCUT2D eigenvalue weighted by molar-refractivity contribution is 5.92. The van der Waals surface area contributed by atoms with Crippen molar-refractivity contribution in [2.45, 2.75) is 6.92 Å². The van der Waals surface area contributed by atoms with E-state index < -0.39 is 0 Å². The number of ether oxygens (including phenoxy) is 1. The second kappa shape index (κ2) is 7.30. The second-order valence-corrected chi connectivity index (χ2v) is 6.14. The van der Waals surface area contributed by atoms with Crippen LogP contribution in [0.4, 0.5) is 0 Å². The number of nitrogens with zero attached hydrogens (tertiary/aromatic N) is 2. The van der Waals surface area contributed by atoms with E-state index in [0.717, 1.165) is 22.5 Å². The van der Waals surface area contributed by atoms with Crippen molar-refractivity contribution >= 4 is 5.97 Å². The van der Waals surface area contributed by atoms with Gasteiger partial charge in [-0.1, -0.05) is 54.6 Å². The first kappa shape index (κ1) is 16.8. The molecule has 27 heavy (non-hydrogen) atoms. The largest absolute Gasteiger partial charge is 0.422 e. The Morgan fingerprint density at radius 1 is 0.815 bits per heavy atom. The van der Waals surface area contributed by atoms with Crippen molar-refractivity contribution in [3.8, 4) is 22.6 Å². The van der Waals surface area contributed by atoms with Crippen LogP contribution in [-0.2, 0) is 0 Å². The van der Waals surface area contributed by atoms with Crippen LogP contribution in [0.5, 0.6) is 5.75 Å². The third-order valence-electron chi connectivity index (χ3n) is 4.40. The van der Waals surface area contributed by atoms with E-state index in [1.54, 1.807) is 24.4 Å². The Hall–Kier alpha value is -3.66. The summed E-state index contributed by atoms with van der Waals surface area (Å²) in [7, 11) is 0. The molecule has 0 saturated heterocycles. The van der Waals surface area contributed by atoms with Crippen molar-refractivity contribution in [1.82, 2.24) is 9.78 Å². The number of aromatic nitrogens is 2. The number of hydrogen-bond acceptors (Lipinski definition) is 3. The van der Waals surface area contributed by atoms with Gasteiger partial charge in [0.15, 0.2) is 0 Å². The van der Waals surface area contributed by atoms with Gasteiger partial charge in [-0.15, -0.1) is 0 Å². The van der Waals surface area contributed by atoms with Crippen LogP contribution in [0.15, 0.2) is 91.1 Å². The average molecular weight is 354 g/mol. The third-order valence-corrected chi connectivity index (χ3v) is 4.40. The van der Waals surface area contributed by atoms with Gasteiger partial charge in [0.25, 0.3) is 0 Å². The molecule has 4 heteroatoms. The van der Waals surface area contributed by atoms with Gasteiger partial charge in [-0.2, -0.15) is 5.10 Å². The molecule has 0 bridgehead atoms. The maximum atomic E-state index is 12.5. The van der Waals surface area contributed by atoms with Gasteiger partial charge in [-0.3, -0.25) is 0 Å². The van der Waals surface area contributed by atoms with Crippen molar-refractivity contribution < 1.29 is 9.53 Å². The number of para-hydroxylation sites is 2. The summed E-state index contributed by atoms with van der Waals surface area (Å²) in [6, 6.07) is 26.4. The Kier molecular flexibility index (Phi) is 4.54. The molecular formula is C23H18N2O2. The predicted octanol–water partition coefficient (Wildman–Crippen LogP) is 5.07. The van der Waals surface area contributed by atoms with E-state index in [-0.39, 0.29) is 5.97 Å². The molecule has 0 spiro atoms. The molecule has 0 saturated carbocycles. The summed E-state index contributed by atoms with van der Waals surface area (Å²) in [5.41, 5.74) is 4.24. The average Bonchev–Trinajstić information content (AvgIpc) is 3.11. The first-order valence-corrected chi connectivity index (χ1v) is 8.71. The topological polar surface area (TPSA) is 44.1 Å². The molecule has 4 rings (SSSR count). The van der Waals surface area contributed by atoms with Crippen LogP contribution < -0.4 is 4.74 Å². The van der Waals surface area contributed by atoms with E-state index in [4.69, 9.17) is 4.74 Å². The second-order valence-electron chi connectivity index (χ2n) is 6.14. The fourth-order valence-corrected chi connectivity index (χ4v) is 3.01. The van der Waals surface area contributed by atoms with Gasteiger partial charge in [-0.05, 0) is 37.3 Å². The summed E-state index contributed by atoms with van der Waals surface area (Å²) in [4.78, 5) is 12.5. The highest BCUT2D eigenvalue weighted by atomic mass is 16.5. The summed E-state index contributed by atoms with van der Waals surface area (Å²) in [6.45, 7) is 2.01. The molecule has 132 valence electrons. The zero-order valence-corrected chi connectivity index (χ0v) is 14.9. The van der Waals surface area contributed by atoms with Gasteiger partial charge in [0.1, 0.15) is 5.75 Å². The molecule has 1 heterocycles. The van der Waals surface area contributed by atoms with E-state index in [1.165, 1.54) is 0 Å². The molecule has 1 aromatic heterocycles. The van der Waals surface area contributed by atoms with Crippen molar-refractivity contribution in [2.24, 2.45) is 0 Å². The normalized spacial score (nSPS) is 10.6. The lowest BCUT2D eigenvalue weighted by molar-refractivity contribution is 0.0735. The van der Waals surface area contributed by atoms with E-state index in [1.807, 2.05) is 78.3 Å². The number of esters is 1. The van der Waals surface area contributed by atoms with Crippen molar-refractivity contribution in [1.29, 1.82) is 0 Å². The first-order valence-electron chi connectivity index (χ1n) is 8.71. The summed E-state index contributed by atoms with van der Waals surface area (Å²) in [5.74, 6) is 0.137. The minimum Gasteiger partial charge on any atom is -0.422 e. The Morgan fingerprint density at radius 3 is 2.19 bits per heavy atom. The zero-order chi connectivity index (χ0) is 18.6.